The lowest BCUT2D eigenvalue weighted by Crippen LogP contribution is -2.18. The van der Waals surface area contributed by atoms with Crippen molar-refractivity contribution in [2.45, 2.75) is 34.2 Å². The molecule has 0 radical (unpaired) electrons. The maximum atomic E-state index is 12.3. The van der Waals surface area contributed by atoms with Crippen molar-refractivity contribution >= 4 is 35.1 Å². The highest BCUT2D eigenvalue weighted by atomic mass is 32.2. The molecule has 1 N–H and O–H groups in total. The van der Waals surface area contributed by atoms with Crippen LogP contribution in [0.5, 0.6) is 0 Å². The second-order valence-electron chi connectivity index (χ2n) is 6.52. The number of anilines is 1. The van der Waals surface area contributed by atoms with Gasteiger partial charge in [-0.05, 0) is 51.5 Å². The van der Waals surface area contributed by atoms with Gasteiger partial charge in [-0.15, -0.1) is 11.8 Å². The lowest BCUT2D eigenvalue weighted by atomic mass is 10.1. The molecule has 2 rings (SSSR count). The van der Waals surface area contributed by atoms with Crippen molar-refractivity contribution in [1.82, 2.24) is 4.57 Å². The van der Waals surface area contributed by atoms with Crippen LogP contribution in [-0.2, 0) is 20.9 Å². The third-order valence-electron chi connectivity index (χ3n) is 4.31. The van der Waals surface area contributed by atoms with Crippen LogP contribution in [0.2, 0.25) is 0 Å². The molecule has 150 valence electrons. The highest BCUT2D eigenvalue weighted by molar-refractivity contribution is 8.00. The first-order valence-corrected chi connectivity index (χ1v) is 10.3. The molecule has 0 spiro atoms. The number of esters is 1. The van der Waals surface area contributed by atoms with Crippen molar-refractivity contribution in [3.8, 4) is 0 Å². The number of thioether (sulfide) groups is 1. The van der Waals surface area contributed by atoms with Gasteiger partial charge in [0.25, 0.3) is 0 Å². The highest BCUT2D eigenvalue weighted by Crippen LogP contribution is 2.16. The number of rotatable bonds is 9. The van der Waals surface area contributed by atoms with Gasteiger partial charge in [-0.25, -0.2) is 0 Å². The fourth-order valence-corrected chi connectivity index (χ4v) is 3.59. The first-order chi connectivity index (χ1) is 13.3. The van der Waals surface area contributed by atoms with Gasteiger partial charge >= 0.3 is 5.97 Å². The van der Waals surface area contributed by atoms with E-state index in [0.29, 0.717) is 5.56 Å². The summed E-state index contributed by atoms with van der Waals surface area (Å²) < 4.78 is 7.10. The largest absolute Gasteiger partial charge is 0.457 e. The van der Waals surface area contributed by atoms with Crippen LogP contribution in [0.4, 0.5) is 5.69 Å². The predicted molar refractivity (Wildman–Crippen MR) is 112 cm³/mol. The summed E-state index contributed by atoms with van der Waals surface area (Å²) >= 11 is 1.15. The monoisotopic (exact) mass is 402 g/mol. The average Bonchev–Trinajstić information content (AvgIpc) is 2.93. The van der Waals surface area contributed by atoms with Crippen LogP contribution >= 0.6 is 11.8 Å². The van der Waals surface area contributed by atoms with Gasteiger partial charge in [0.2, 0.25) is 11.7 Å². The Morgan fingerprint density at radius 1 is 1.11 bits per heavy atom. The molecule has 0 saturated carbocycles. The zero-order valence-corrected chi connectivity index (χ0v) is 17.5. The number of carbonyl (C=O) groups excluding carboxylic acids is 3. The Labute approximate surface area is 169 Å². The summed E-state index contributed by atoms with van der Waals surface area (Å²) in [6.07, 6.45) is 0. The number of hydrogen-bond donors (Lipinski definition) is 1. The Morgan fingerprint density at radius 2 is 1.86 bits per heavy atom. The minimum Gasteiger partial charge on any atom is -0.457 e. The molecule has 0 saturated heterocycles. The van der Waals surface area contributed by atoms with Gasteiger partial charge in [-0.2, -0.15) is 0 Å². The van der Waals surface area contributed by atoms with Gasteiger partial charge in [0.1, 0.15) is 0 Å². The van der Waals surface area contributed by atoms with Crippen molar-refractivity contribution in [2.24, 2.45) is 0 Å². The third kappa shape index (κ3) is 5.99. The fourth-order valence-electron chi connectivity index (χ4n) is 2.98. The standard InChI is InChI=1S/C21H26N2O4S/c1-5-23-15(3)10-18(16(23)4)19(24)11-27-21(26)13-28-12-20(25)22-17-8-6-7-14(2)9-17/h6-10H,5,11-13H2,1-4H3,(H,22,25). The summed E-state index contributed by atoms with van der Waals surface area (Å²) in [5.74, 6) is -0.766. The van der Waals surface area contributed by atoms with Crippen LogP contribution in [0.3, 0.4) is 0 Å². The van der Waals surface area contributed by atoms with Crippen LogP contribution in [0.15, 0.2) is 30.3 Å². The molecule has 2 aromatic rings. The lowest BCUT2D eigenvalue weighted by molar-refractivity contribution is -0.139. The number of ether oxygens (including phenoxy) is 1. The van der Waals surface area contributed by atoms with Gasteiger partial charge in [0.05, 0.1) is 11.5 Å². The van der Waals surface area contributed by atoms with E-state index in [0.717, 1.165) is 40.9 Å². The van der Waals surface area contributed by atoms with E-state index in [2.05, 4.69) is 5.32 Å². The van der Waals surface area contributed by atoms with E-state index < -0.39 is 5.97 Å². The summed E-state index contributed by atoms with van der Waals surface area (Å²) in [6, 6.07) is 9.31. The van der Waals surface area contributed by atoms with E-state index >= 15 is 0 Å². The average molecular weight is 403 g/mol. The zero-order chi connectivity index (χ0) is 20.7. The Kier molecular flexibility index (Phi) is 7.87. The molecular weight excluding hydrogens is 376 g/mol. The molecule has 0 atom stereocenters. The molecule has 1 aromatic carbocycles. The van der Waals surface area contributed by atoms with Crippen LogP contribution in [0.25, 0.3) is 0 Å². The number of nitrogens with zero attached hydrogens (tertiary/aromatic N) is 1. The minimum absolute atomic E-state index is 0.0164. The summed E-state index contributed by atoms with van der Waals surface area (Å²) in [5, 5.41) is 2.78. The summed E-state index contributed by atoms with van der Waals surface area (Å²) in [7, 11) is 0. The molecule has 0 aliphatic carbocycles. The van der Waals surface area contributed by atoms with E-state index in [1.807, 2.05) is 62.6 Å². The van der Waals surface area contributed by atoms with Crippen LogP contribution in [0.1, 0.15) is 34.2 Å². The Bertz CT molecular complexity index is 873. The number of nitrogens with one attached hydrogen (secondary N) is 1. The molecule has 1 aromatic heterocycles. The molecule has 0 fully saturated rings. The zero-order valence-electron chi connectivity index (χ0n) is 16.7. The number of ketones is 1. The summed E-state index contributed by atoms with van der Waals surface area (Å²) in [5.41, 5.74) is 4.24. The van der Waals surface area contributed by atoms with E-state index in [1.165, 1.54) is 0 Å². The molecule has 1 heterocycles. The maximum Gasteiger partial charge on any atom is 0.316 e. The molecule has 1 amide bonds. The predicted octanol–water partition coefficient (Wildman–Crippen LogP) is 3.53. The number of aromatic nitrogens is 1. The second-order valence-corrected chi connectivity index (χ2v) is 7.51. The van der Waals surface area contributed by atoms with Crippen molar-refractivity contribution in [3.63, 3.8) is 0 Å². The van der Waals surface area contributed by atoms with Crippen molar-refractivity contribution in [3.05, 3.63) is 52.8 Å². The summed E-state index contributed by atoms with van der Waals surface area (Å²) in [6.45, 7) is 8.28. The highest BCUT2D eigenvalue weighted by Gasteiger charge is 2.17. The molecule has 7 heteroatoms. The molecule has 0 unspecified atom stereocenters. The number of carbonyl (C=O) groups is 3. The number of aryl methyl sites for hydroxylation is 2. The summed E-state index contributed by atoms with van der Waals surface area (Å²) in [4.78, 5) is 36.1. The minimum atomic E-state index is -0.508. The number of hydrogen-bond acceptors (Lipinski definition) is 5. The first kappa shape index (κ1) is 21.8. The Hall–Kier alpha value is -2.54. The molecule has 0 bridgehead atoms. The SMILES string of the molecule is CCn1c(C)cc(C(=O)COC(=O)CSCC(=O)Nc2cccc(C)c2)c1C. The van der Waals surface area contributed by atoms with Crippen LogP contribution in [0, 0.1) is 20.8 Å². The van der Waals surface area contributed by atoms with E-state index in [4.69, 9.17) is 4.74 Å². The molecule has 6 nitrogen and oxygen atoms in total. The number of amides is 1. The van der Waals surface area contributed by atoms with Gasteiger partial charge in [0, 0.05) is 29.2 Å². The smallest absolute Gasteiger partial charge is 0.316 e. The number of Topliss-reactive ketones (excluding diaryl/α,β-unsaturated/α-hetero) is 1. The Morgan fingerprint density at radius 3 is 2.50 bits per heavy atom. The quantitative estimate of drug-likeness (QED) is 0.513. The molecular formula is C21H26N2O4S. The second kappa shape index (κ2) is 10.1. The normalized spacial score (nSPS) is 10.6. The molecule has 28 heavy (non-hydrogen) atoms. The van der Waals surface area contributed by atoms with Gasteiger partial charge in [0.15, 0.2) is 6.61 Å². The molecule has 0 aliphatic rings. The van der Waals surface area contributed by atoms with Gasteiger partial charge in [-0.3, -0.25) is 14.4 Å². The van der Waals surface area contributed by atoms with E-state index in [1.54, 1.807) is 0 Å². The first-order valence-electron chi connectivity index (χ1n) is 9.11. The third-order valence-corrected chi connectivity index (χ3v) is 5.22. The van der Waals surface area contributed by atoms with Crippen molar-refractivity contribution < 1.29 is 19.1 Å². The van der Waals surface area contributed by atoms with Crippen molar-refractivity contribution in [2.75, 3.05) is 23.4 Å². The van der Waals surface area contributed by atoms with E-state index in [-0.39, 0.29) is 29.8 Å². The maximum absolute atomic E-state index is 12.3. The number of benzene rings is 1. The fraction of sp³-hybridized carbons (Fsp3) is 0.381. The van der Waals surface area contributed by atoms with Gasteiger partial charge < -0.3 is 14.6 Å². The van der Waals surface area contributed by atoms with Crippen molar-refractivity contribution in [1.29, 1.82) is 0 Å². The van der Waals surface area contributed by atoms with Crippen LogP contribution < -0.4 is 5.32 Å². The molecule has 0 aliphatic heterocycles. The van der Waals surface area contributed by atoms with Gasteiger partial charge in [-0.1, -0.05) is 12.1 Å². The lowest BCUT2D eigenvalue weighted by Gasteiger charge is -2.07. The Balaban J connectivity index is 1.72. The topological polar surface area (TPSA) is 77.4 Å². The van der Waals surface area contributed by atoms with Crippen LogP contribution in [-0.4, -0.2) is 40.3 Å². The van der Waals surface area contributed by atoms with E-state index in [9.17, 15) is 14.4 Å².